The quantitative estimate of drug-likeness (QED) is 0.809. The number of aromatic nitrogens is 2. The zero-order chi connectivity index (χ0) is 15.8. The number of likely N-dealkylation sites (N-methyl/N-ethyl adjacent to an activating group) is 1. The highest BCUT2D eigenvalue weighted by Gasteiger charge is 2.23. The first-order valence-electron chi connectivity index (χ1n) is 8.17. The van der Waals surface area contributed by atoms with E-state index in [0.717, 1.165) is 31.6 Å². The lowest BCUT2D eigenvalue weighted by Gasteiger charge is -2.25. The molecule has 0 fully saturated rings. The molecule has 0 saturated heterocycles. The van der Waals surface area contributed by atoms with E-state index < -0.39 is 0 Å². The molecule has 4 heteroatoms. The van der Waals surface area contributed by atoms with Gasteiger partial charge in [-0.25, -0.2) is 0 Å². The Hall–Kier alpha value is -2.17. The molecule has 1 aliphatic heterocycles. The molecule has 1 aliphatic rings. The van der Waals surface area contributed by atoms with Gasteiger partial charge in [0.05, 0.1) is 0 Å². The Bertz CT molecular complexity index is 822. The minimum absolute atomic E-state index is 0.0161. The molecule has 1 atom stereocenters. The number of fused-ring (bicyclic) bond motifs is 3. The predicted octanol–water partition coefficient (Wildman–Crippen LogP) is 2.72. The molecule has 1 unspecified atom stereocenters. The fourth-order valence-corrected chi connectivity index (χ4v) is 3.66. The minimum atomic E-state index is -0.0161. The van der Waals surface area contributed by atoms with Gasteiger partial charge in [-0.15, -0.1) is 0 Å². The van der Waals surface area contributed by atoms with Crippen LogP contribution in [0.1, 0.15) is 22.9 Å². The molecule has 1 aromatic carbocycles. The van der Waals surface area contributed by atoms with E-state index in [1.54, 1.807) is 0 Å². The summed E-state index contributed by atoms with van der Waals surface area (Å²) in [6.07, 6.45) is 4.71. The average molecular weight is 306 g/mol. The molecule has 0 spiro atoms. The van der Waals surface area contributed by atoms with Crippen molar-refractivity contribution in [1.29, 1.82) is 0 Å². The molecule has 0 radical (unpaired) electrons. The molecule has 0 saturated carbocycles. The van der Waals surface area contributed by atoms with Gasteiger partial charge >= 0.3 is 0 Å². The smallest absolute Gasteiger partial charge is 0.0486 e. The van der Waals surface area contributed by atoms with Gasteiger partial charge in [0.25, 0.3) is 0 Å². The number of hydrogen-bond donors (Lipinski definition) is 1. The lowest BCUT2D eigenvalue weighted by atomic mass is 10.0. The maximum atomic E-state index is 6.48. The SMILES string of the molecule is CN1CCc2c(c3ccccc3n2CC(N)c2ccncc2)C1. The van der Waals surface area contributed by atoms with Crippen LogP contribution in [0.3, 0.4) is 0 Å². The predicted molar refractivity (Wildman–Crippen MR) is 93.1 cm³/mol. The molecule has 4 rings (SSSR count). The first-order valence-corrected chi connectivity index (χ1v) is 8.17. The zero-order valence-electron chi connectivity index (χ0n) is 13.4. The molecule has 0 bridgehead atoms. The van der Waals surface area contributed by atoms with Crippen LogP contribution >= 0.6 is 0 Å². The molecule has 3 heterocycles. The largest absolute Gasteiger partial charge is 0.342 e. The van der Waals surface area contributed by atoms with Crippen molar-refractivity contribution in [2.24, 2.45) is 5.73 Å². The van der Waals surface area contributed by atoms with Crippen molar-refractivity contribution in [3.05, 3.63) is 65.6 Å². The van der Waals surface area contributed by atoms with E-state index in [9.17, 15) is 0 Å². The van der Waals surface area contributed by atoms with Gasteiger partial charge in [-0.3, -0.25) is 4.98 Å². The Kier molecular flexibility index (Phi) is 3.63. The van der Waals surface area contributed by atoms with Gasteiger partial charge in [0.15, 0.2) is 0 Å². The summed E-state index contributed by atoms with van der Waals surface area (Å²) in [4.78, 5) is 6.48. The van der Waals surface area contributed by atoms with Crippen LogP contribution in [0.25, 0.3) is 10.9 Å². The van der Waals surface area contributed by atoms with Gasteiger partial charge in [0, 0.05) is 61.1 Å². The number of pyridine rings is 1. The van der Waals surface area contributed by atoms with E-state index in [4.69, 9.17) is 5.73 Å². The summed E-state index contributed by atoms with van der Waals surface area (Å²) in [5.74, 6) is 0. The summed E-state index contributed by atoms with van der Waals surface area (Å²) in [7, 11) is 2.19. The van der Waals surface area contributed by atoms with E-state index in [-0.39, 0.29) is 6.04 Å². The maximum Gasteiger partial charge on any atom is 0.0486 e. The Morgan fingerprint density at radius 2 is 1.96 bits per heavy atom. The Morgan fingerprint density at radius 3 is 2.78 bits per heavy atom. The van der Waals surface area contributed by atoms with Gasteiger partial charge in [-0.05, 0) is 36.4 Å². The topological polar surface area (TPSA) is 47.1 Å². The van der Waals surface area contributed by atoms with Crippen molar-refractivity contribution < 1.29 is 0 Å². The van der Waals surface area contributed by atoms with Gasteiger partial charge in [0.1, 0.15) is 0 Å². The minimum Gasteiger partial charge on any atom is -0.342 e. The summed E-state index contributed by atoms with van der Waals surface area (Å²) in [6, 6.07) is 12.7. The first kappa shape index (κ1) is 14.4. The molecular formula is C19H22N4. The molecular weight excluding hydrogens is 284 g/mol. The summed E-state index contributed by atoms with van der Waals surface area (Å²) in [5, 5.41) is 1.37. The molecule has 0 amide bonds. The molecule has 3 aromatic rings. The molecule has 2 aromatic heterocycles. The van der Waals surface area contributed by atoms with E-state index in [1.807, 2.05) is 24.5 Å². The number of para-hydroxylation sites is 1. The van der Waals surface area contributed by atoms with Crippen LogP contribution in [0.4, 0.5) is 0 Å². The third-order valence-electron chi connectivity index (χ3n) is 4.87. The zero-order valence-corrected chi connectivity index (χ0v) is 13.4. The van der Waals surface area contributed by atoms with Gasteiger partial charge in [0.2, 0.25) is 0 Å². The summed E-state index contributed by atoms with van der Waals surface area (Å²) >= 11 is 0. The third-order valence-corrected chi connectivity index (χ3v) is 4.87. The van der Waals surface area contributed by atoms with Crippen LogP contribution in [0.5, 0.6) is 0 Å². The molecule has 4 nitrogen and oxygen atoms in total. The summed E-state index contributed by atoms with van der Waals surface area (Å²) < 4.78 is 2.43. The van der Waals surface area contributed by atoms with E-state index >= 15 is 0 Å². The normalized spacial score (nSPS) is 16.4. The van der Waals surface area contributed by atoms with Gasteiger partial charge < -0.3 is 15.2 Å². The average Bonchev–Trinajstić information content (AvgIpc) is 2.89. The van der Waals surface area contributed by atoms with Crippen LogP contribution in [0.2, 0.25) is 0 Å². The second-order valence-corrected chi connectivity index (χ2v) is 6.43. The van der Waals surface area contributed by atoms with E-state index in [1.165, 1.54) is 22.2 Å². The highest BCUT2D eigenvalue weighted by molar-refractivity contribution is 5.85. The standard InChI is InChI=1S/C19H22N4/c1-22-11-8-19-16(12-22)15-4-2-3-5-18(15)23(19)13-17(20)14-6-9-21-10-7-14/h2-7,9-10,17H,8,11-13,20H2,1H3. The molecule has 23 heavy (non-hydrogen) atoms. The number of rotatable bonds is 3. The fraction of sp³-hybridized carbons (Fsp3) is 0.316. The third kappa shape index (κ3) is 2.54. The van der Waals surface area contributed by atoms with Crippen molar-refractivity contribution in [3.8, 4) is 0 Å². The van der Waals surface area contributed by atoms with Crippen LogP contribution < -0.4 is 5.73 Å². The number of nitrogens with two attached hydrogens (primary N) is 1. The molecule has 0 aliphatic carbocycles. The Balaban J connectivity index is 1.78. The van der Waals surface area contributed by atoms with Crippen molar-refractivity contribution in [3.63, 3.8) is 0 Å². The second-order valence-electron chi connectivity index (χ2n) is 6.43. The highest BCUT2D eigenvalue weighted by atomic mass is 15.1. The maximum absolute atomic E-state index is 6.48. The number of benzene rings is 1. The van der Waals surface area contributed by atoms with Crippen LogP contribution in [0, 0.1) is 0 Å². The van der Waals surface area contributed by atoms with Gasteiger partial charge in [-0.1, -0.05) is 18.2 Å². The monoisotopic (exact) mass is 306 g/mol. The first-order chi connectivity index (χ1) is 11.2. The Labute approximate surface area is 136 Å². The second kappa shape index (κ2) is 5.80. The lowest BCUT2D eigenvalue weighted by molar-refractivity contribution is 0.308. The van der Waals surface area contributed by atoms with Crippen molar-refractivity contribution in [2.75, 3.05) is 13.6 Å². The molecule has 118 valence electrons. The summed E-state index contributed by atoms with van der Waals surface area (Å²) in [6.45, 7) is 2.94. The fourth-order valence-electron chi connectivity index (χ4n) is 3.66. The van der Waals surface area contributed by atoms with Crippen LogP contribution in [-0.2, 0) is 19.5 Å². The highest BCUT2D eigenvalue weighted by Crippen LogP contribution is 2.31. The Morgan fingerprint density at radius 1 is 1.17 bits per heavy atom. The van der Waals surface area contributed by atoms with Crippen molar-refractivity contribution in [2.45, 2.75) is 25.6 Å². The van der Waals surface area contributed by atoms with Crippen LogP contribution in [0.15, 0.2) is 48.8 Å². The van der Waals surface area contributed by atoms with E-state index in [2.05, 4.69) is 45.8 Å². The van der Waals surface area contributed by atoms with Gasteiger partial charge in [-0.2, -0.15) is 0 Å². The van der Waals surface area contributed by atoms with Crippen molar-refractivity contribution >= 4 is 10.9 Å². The molecule has 2 N–H and O–H groups in total. The van der Waals surface area contributed by atoms with Crippen LogP contribution in [-0.4, -0.2) is 28.0 Å². The van der Waals surface area contributed by atoms with E-state index in [0.29, 0.717) is 0 Å². The summed E-state index contributed by atoms with van der Waals surface area (Å²) in [5.41, 5.74) is 11.8. The lowest BCUT2D eigenvalue weighted by Crippen LogP contribution is -2.28. The number of hydrogen-bond acceptors (Lipinski definition) is 3. The van der Waals surface area contributed by atoms with Crippen molar-refractivity contribution in [1.82, 2.24) is 14.5 Å². The number of nitrogens with zero attached hydrogens (tertiary/aromatic N) is 3.